The Labute approximate surface area is 203 Å². The van der Waals surface area contributed by atoms with E-state index in [1.54, 1.807) is 18.2 Å². The normalized spacial score (nSPS) is 11.2. The maximum atomic E-state index is 11.0. The van der Waals surface area contributed by atoms with Crippen LogP contribution in [0.25, 0.3) is 18.2 Å². The van der Waals surface area contributed by atoms with E-state index in [9.17, 15) is 9.90 Å². The maximum absolute atomic E-state index is 11.0. The molecule has 5 nitrogen and oxygen atoms in total. The van der Waals surface area contributed by atoms with E-state index in [2.05, 4.69) is 41.3 Å². The van der Waals surface area contributed by atoms with Gasteiger partial charge in [-0.2, -0.15) is 5.26 Å². The molecule has 0 fully saturated rings. The number of carboxylic acid groups (broad SMARTS) is 1. The van der Waals surface area contributed by atoms with Crippen molar-refractivity contribution in [2.75, 3.05) is 4.90 Å². The Morgan fingerprint density at radius 1 is 0.743 bits per heavy atom. The molecule has 0 aliphatic carbocycles. The van der Waals surface area contributed by atoms with Gasteiger partial charge in [0.15, 0.2) is 0 Å². The lowest BCUT2D eigenvalue weighted by molar-refractivity contribution is -0.132. The van der Waals surface area contributed by atoms with Crippen LogP contribution in [0.1, 0.15) is 16.7 Å². The summed E-state index contributed by atoms with van der Waals surface area (Å²) in [4.78, 5) is 13.2. The third-order valence-corrected chi connectivity index (χ3v) is 5.35. The number of hydrogen-bond acceptors (Lipinski definition) is 4. The minimum Gasteiger partial charge on any atom is -0.507 e. The molecule has 4 aromatic rings. The summed E-state index contributed by atoms with van der Waals surface area (Å²) in [5.41, 5.74) is 4.71. The number of anilines is 3. The van der Waals surface area contributed by atoms with E-state index < -0.39 is 11.5 Å². The van der Waals surface area contributed by atoms with Crippen LogP contribution in [0.15, 0.2) is 109 Å². The molecule has 0 saturated carbocycles. The molecular formula is C30H22N2O3. The summed E-state index contributed by atoms with van der Waals surface area (Å²) in [7, 11) is 0. The highest BCUT2D eigenvalue weighted by Gasteiger charge is 2.11. The maximum Gasteiger partial charge on any atom is 0.346 e. The number of nitriles is 1. The van der Waals surface area contributed by atoms with Crippen LogP contribution in [0.2, 0.25) is 0 Å². The fourth-order valence-corrected chi connectivity index (χ4v) is 3.61. The van der Waals surface area contributed by atoms with E-state index in [1.165, 1.54) is 6.07 Å². The van der Waals surface area contributed by atoms with Crippen molar-refractivity contribution in [3.05, 3.63) is 125 Å². The van der Waals surface area contributed by atoms with Crippen LogP contribution in [0.5, 0.6) is 5.75 Å². The topological polar surface area (TPSA) is 84.6 Å². The Hall–Kier alpha value is -5.08. The van der Waals surface area contributed by atoms with E-state index in [4.69, 9.17) is 10.4 Å². The summed E-state index contributed by atoms with van der Waals surface area (Å²) in [5, 5.41) is 28.1. The summed E-state index contributed by atoms with van der Waals surface area (Å²) >= 11 is 0. The van der Waals surface area contributed by atoms with Crippen molar-refractivity contribution in [2.45, 2.75) is 0 Å². The Morgan fingerprint density at radius 3 is 1.77 bits per heavy atom. The van der Waals surface area contributed by atoms with Gasteiger partial charge in [-0.15, -0.1) is 0 Å². The fraction of sp³-hybridized carbons (Fsp3) is 0. The molecule has 0 heterocycles. The van der Waals surface area contributed by atoms with Gasteiger partial charge in [0.2, 0.25) is 0 Å². The molecule has 0 aromatic heterocycles. The van der Waals surface area contributed by atoms with E-state index in [0.29, 0.717) is 0 Å². The van der Waals surface area contributed by atoms with Gasteiger partial charge in [-0.3, -0.25) is 0 Å². The van der Waals surface area contributed by atoms with Crippen molar-refractivity contribution >= 4 is 41.3 Å². The number of hydrogen-bond donors (Lipinski definition) is 2. The first kappa shape index (κ1) is 23.1. The van der Waals surface area contributed by atoms with Crippen molar-refractivity contribution in [3.63, 3.8) is 0 Å². The van der Waals surface area contributed by atoms with Crippen LogP contribution in [-0.2, 0) is 4.79 Å². The largest absolute Gasteiger partial charge is 0.507 e. The number of phenols is 1. The van der Waals surface area contributed by atoms with Crippen LogP contribution in [-0.4, -0.2) is 16.2 Å². The van der Waals surface area contributed by atoms with Gasteiger partial charge in [-0.05, 0) is 59.7 Å². The molecule has 2 N–H and O–H groups in total. The lowest BCUT2D eigenvalue weighted by atomic mass is 10.1. The lowest BCUT2D eigenvalue weighted by Crippen LogP contribution is -2.09. The van der Waals surface area contributed by atoms with Crippen LogP contribution >= 0.6 is 0 Å². The molecule has 0 bridgehead atoms. The molecule has 0 amide bonds. The molecule has 0 atom stereocenters. The Bertz CT molecular complexity index is 1380. The smallest absolute Gasteiger partial charge is 0.346 e. The second kappa shape index (κ2) is 10.7. The highest BCUT2D eigenvalue weighted by Crippen LogP contribution is 2.34. The van der Waals surface area contributed by atoms with Gasteiger partial charge in [0.25, 0.3) is 0 Å². The highest BCUT2D eigenvalue weighted by molar-refractivity contribution is 5.97. The predicted octanol–water partition coefficient (Wildman–Crippen LogP) is 7.02. The molecule has 0 spiro atoms. The average Bonchev–Trinajstić information content (AvgIpc) is 2.89. The van der Waals surface area contributed by atoms with Crippen LogP contribution < -0.4 is 4.90 Å². The molecular weight excluding hydrogens is 436 g/mol. The Morgan fingerprint density at radius 2 is 1.26 bits per heavy atom. The monoisotopic (exact) mass is 458 g/mol. The summed E-state index contributed by atoms with van der Waals surface area (Å²) in [5.74, 6) is -1.43. The number of nitrogens with zero attached hydrogens (tertiary/aromatic N) is 2. The Balaban J connectivity index is 1.56. The zero-order chi connectivity index (χ0) is 24.6. The van der Waals surface area contributed by atoms with Crippen molar-refractivity contribution in [1.29, 1.82) is 5.26 Å². The number of aromatic hydroxyl groups is 1. The minimum atomic E-state index is -1.34. The predicted molar refractivity (Wildman–Crippen MR) is 139 cm³/mol. The fourth-order valence-electron chi connectivity index (χ4n) is 3.61. The first-order chi connectivity index (χ1) is 17.0. The van der Waals surface area contributed by atoms with E-state index in [-0.39, 0.29) is 11.3 Å². The number of benzene rings is 4. The molecule has 0 radical (unpaired) electrons. The van der Waals surface area contributed by atoms with Crippen LogP contribution in [0, 0.1) is 11.3 Å². The van der Waals surface area contributed by atoms with Crippen molar-refractivity contribution < 1.29 is 15.0 Å². The van der Waals surface area contributed by atoms with Crippen molar-refractivity contribution in [2.24, 2.45) is 0 Å². The molecule has 0 aliphatic rings. The number of aliphatic carboxylic acids is 1. The van der Waals surface area contributed by atoms with Gasteiger partial charge in [0.1, 0.15) is 17.4 Å². The summed E-state index contributed by atoms with van der Waals surface area (Å²) < 4.78 is 0. The third kappa shape index (κ3) is 5.65. The standard InChI is InChI=1S/C30H22N2O3/c31-21-25(30(34)35)20-24-16-13-23(19-29(24)33)12-11-22-14-17-28(18-15-22)32(26-7-3-1-4-8-26)27-9-5-2-6-10-27/h1-20,33H,(H,34,35)/b12-11+,25-20+. The molecule has 0 aliphatic heterocycles. The van der Waals surface area contributed by atoms with Crippen molar-refractivity contribution in [1.82, 2.24) is 0 Å². The van der Waals surface area contributed by atoms with Gasteiger partial charge < -0.3 is 15.1 Å². The summed E-state index contributed by atoms with van der Waals surface area (Å²) in [6.45, 7) is 0. The highest BCUT2D eigenvalue weighted by atomic mass is 16.4. The zero-order valence-electron chi connectivity index (χ0n) is 18.7. The molecule has 35 heavy (non-hydrogen) atoms. The minimum absolute atomic E-state index is 0.0992. The Kier molecular flexibility index (Phi) is 7.05. The number of rotatable bonds is 7. The van der Waals surface area contributed by atoms with E-state index in [1.807, 2.05) is 60.7 Å². The molecule has 4 aromatic carbocycles. The zero-order valence-corrected chi connectivity index (χ0v) is 18.7. The average molecular weight is 459 g/mol. The first-order valence-corrected chi connectivity index (χ1v) is 10.9. The summed E-state index contributed by atoms with van der Waals surface area (Å²) in [6.07, 6.45) is 4.94. The molecule has 170 valence electrons. The van der Waals surface area contributed by atoms with Crippen molar-refractivity contribution in [3.8, 4) is 11.8 Å². The second-order valence-corrected chi connectivity index (χ2v) is 7.72. The number of para-hydroxylation sites is 2. The number of phenolic OH excluding ortho intramolecular Hbond substituents is 1. The molecule has 5 heteroatoms. The lowest BCUT2D eigenvalue weighted by Gasteiger charge is -2.25. The number of carbonyl (C=O) groups is 1. The van der Waals surface area contributed by atoms with Gasteiger partial charge in [-0.25, -0.2) is 4.79 Å². The molecule has 0 saturated heterocycles. The SMILES string of the molecule is N#C/C(=C\c1ccc(/C=C/c2ccc(N(c3ccccc3)c3ccccc3)cc2)cc1O)C(=O)O. The first-order valence-electron chi connectivity index (χ1n) is 10.9. The van der Waals surface area contributed by atoms with Crippen LogP contribution in [0.3, 0.4) is 0 Å². The molecule has 0 unspecified atom stereocenters. The van der Waals surface area contributed by atoms with Gasteiger partial charge >= 0.3 is 5.97 Å². The third-order valence-electron chi connectivity index (χ3n) is 5.35. The van der Waals surface area contributed by atoms with E-state index in [0.717, 1.165) is 34.3 Å². The second-order valence-electron chi connectivity index (χ2n) is 7.72. The van der Waals surface area contributed by atoms with Gasteiger partial charge in [-0.1, -0.05) is 72.8 Å². The van der Waals surface area contributed by atoms with Gasteiger partial charge in [0.05, 0.1) is 0 Å². The van der Waals surface area contributed by atoms with Gasteiger partial charge in [0, 0.05) is 22.6 Å². The van der Waals surface area contributed by atoms with E-state index >= 15 is 0 Å². The quantitative estimate of drug-likeness (QED) is 0.177. The summed E-state index contributed by atoms with van der Waals surface area (Å²) in [6, 6.07) is 35.0. The number of carboxylic acids is 1. The molecule has 4 rings (SSSR count). The van der Waals surface area contributed by atoms with Crippen LogP contribution in [0.4, 0.5) is 17.1 Å².